The second-order valence-corrected chi connectivity index (χ2v) is 7.72. The van der Waals surface area contributed by atoms with Crippen molar-refractivity contribution in [3.05, 3.63) is 23.3 Å². The standard InChI is InChI=1S/C15H21O2S/c1-16-14-9-11-7-13(18-5-3-4-6-18)8-12(11)10-15(14)17-2/h9-10,13H,3-8H2,1-2H3/q+1. The number of ether oxygens (including phenoxy) is 2. The van der Waals surface area contributed by atoms with Crippen LogP contribution in [0.3, 0.4) is 0 Å². The summed E-state index contributed by atoms with van der Waals surface area (Å²) in [4.78, 5) is 0. The zero-order chi connectivity index (χ0) is 12.5. The highest BCUT2D eigenvalue weighted by Gasteiger charge is 2.38. The van der Waals surface area contributed by atoms with Crippen LogP contribution >= 0.6 is 0 Å². The van der Waals surface area contributed by atoms with Crippen molar-refractivity contribution in [3.8, 4) is 11.5 Å². The van der Waals surface area contributed by atoms with Gasteiger partial charge in [0.05, 0.1) is 14.2 Å². The largest absolute Gasteiger partial charge is 0.493 e. The Morgan fingerprint density at radius 3 is 1.89 bits per heavy atom. The summed E-state index contributed by atoms with van der Waals surface area (Å²) in [5.74, 6) is 4.69. The topological polar surface area (TPSA) is 18.5 Å². The lowest BCUT2D eigenvalue weighted by Crippen LogP contribution is -2.23. The molecule has 1 aromatic rings. The molecule has 0 saturated carbocycles. The van der Waals surface area contributed by atoms with Crippen LogP contribution < -0.4 is 9.47 Å². The van der Waals surface area contributed by atoms with Gasteiger partial charge in [0, 0.05) is 12.8 Å². The Morgan fingerprint density at radius 2 is 1.44 bits per heavy atom. The average Bonchev–Trinajstić information content (AvgIpc) is 3.04. The maximum absolute atomic E-state index is 5.40. The predicted octanol–water partition coefficient (Wildman–Crippen LogP) is 2.58. The fraction of sp³-hybridized carbons (Fsp3) is 0.600. The van der Waals surface area contributed by atoms with Crippen molar-refractivity contribution in [2.45, 2.75) is 30.9 Å². The molecule has 18 heavy (non-hydrogen) atoms. The van der Waals surface area contributed by atoms with E-state index in [-0.39, 0.29) is 0 Å². The van der Waals surface area contributed by atoms with Gasteiger partial charge in [-0.3, -0.25) is 0 Å². The first-order valence-electron chi connectivity index (χ1n) is 6.72. The number of fused-ring (bicyclic) bond motifs is 1. The number of methoxy groups -OCH3 is 2. The van der Waals surface area contributed by atoms with E-state index in [0.29, 0.717) is 10.9 Å². The van der Waals surface area contributed by atoms with Crippen LogP contribution in [0, 0.1) is 0 Å². The van der Waals surface area contributed by atoms with E-state index in [9.17, 15) is 0 Å². The first kappa shape index (κ1) is 12.2. The first-order chi connectivity index (χ1) is 8.81. The van der Waals surface area contributed by atoms with E-state index in [1.165, 1.54) is 48.3 Å². The van der Waals surface area contributed by atoms with Crippen LogP contribution in [0.2, 0.25) is 0 Å². The van der Waals surface area contributed by atoms with Gasteiger partial charge >= 0.3 is 0 Å². The van der Waals surface area contributed by atoms with Gasteiger partial charge in [0.2, 0.25) is 0 Å². The first-order valence-corrected chi connectivity index (χ1v) is 8.34. The summed E-state index contributed by atoms with van der Waals surface area (Å²) in [5, 5.41) is 0.888. The molecule has 98 valence electrons. The van der Waals surface area contributed by atoms with Crippen molar-refractivity contribution in [1.29, 1.82) is 0 Å². The highest BCUT2D eigenvalue weighted by Crippen LogP contribution is 2.38. The molecule has 2 aliphatic rings. The molecule has 0 N–H and O–H groups in total. The Hall–Kier alpha value is -0.830. The summed E-state index contributed by atoms with van der Waals surface area (Å²) in [6.45, 7) is 0. The van der Waals surface area contributed by atoms with Gasteiger partial charge < -0.3 is 9.47 Å². The predicted molar refractivity (Wildman–Crippen MR) is 77.1 cm³/mol. The Morgan fingerprint density at radius 1 is 0.944 bits per heavy atom. The van der Waals surface area contributed by atoms with Crippen molar-refractivity contribution in [1.82, 2.24) is 0 Å². The number of hydrogen-bond acceptors (Lipinski definition) is 2. The lowest BCUT2D eigenvalue weighted by molar-refractivity contribution is 0.354. The molecule has 0 radical (unpaired) electrons. The fourth-order valence-electron chi connectivity index (χ4n) is 3.15. The Bertz CT molecular complexity index is 405. The quantitative estimate of drug-likeness (QED) is 0.782. The number of rotatable bonds is 3. The minimum atomic E-state index is 0.672. The molecule has 3 rings (SSSR count). The van der Waals surface area contributed by atoms with E-state index < -0.39 is 0 Å². The van der Waals surface area contributed by atoms with Gasteiger partial charge in [-0.1, -0.05) is 0 Å². The molecule has 0 atom stereocenters. The van der Waals surface area contributed by atoms with Gasteiger partial charge in [-0.2, -0.15) is 0 Å². The Kier molecular flexibility index (Phi) is 3.42. The summed E-state index contributed by atoms with van der Waals surface area (Å²) in [5.41, 5.74) is 2.97. The zero-order valence-corrected chi connectivity index (χ0v) is 12.0. The molecule has 2 nitrogen and oxygen atoms in total. The maximum atomic E-state index is 5.40. The normalized spacial score (nSPS) is 20.1. The lowest BCUT2D eigenvalue weighted by atomic mass is 10.1. The van der Waals surface area contributed by atoms with Crippen LogP contribution in [-0.4, -0.2) is 31.0 Å². The highest BCUT2D eigenvalue weighted by molar-refractivity contribution is 7.97. The highest BCUT2D eigenvalue weighted by atomic mass is 32.2. The SMILES string of the molecule is COc1cc2c(cc1OC)CC([S+]1CCCC1)C2. The van der Waals surface area contributed by atoms with Crippen molar-refractivity contribution in [3.63, 3.8) is 0 Å². The van der Waals surface area contributed by atoms with Crippen molar-refractivity contribution in [2.75, 3.05) is 25.7 Å². The van der Waals surface area contributed by atoms with E-state index in [2.05, 4.69) is 12.1 Å². The minimum Gasteiger partial charge on any atom is -0.493 e. The van der Waals surface area contributed by atoms with Gasteiger partial charge in [0.1, 0.15) is 16.8 Å². The van der Waals surface area contributed by atoms with Crippen molar-refractivity contribution >= 4 is 10.9 Å². The third kappa shape index (κ3) is 2.09. The van der Waals surface area contributed by atoms with E-state index in [1.54, 1.807) is 14.2 Å². The average molecular weight is 265 g/mol. The van der Waals surface area contributed by atoms with Crippen molar-refractivity contribution < 1.29 is 9.47 Å². The second kappa shape index (κ2) is 5.04. The van der Waals surface area contributed by atoms with Crippen LogP contribution in [0.25, 0.3) is 0 Å². The van der Waals surface area contributed by atoms with E-state index >= 15 is 0 Å². The van der Waals surface area contributed by atoms with Crippen LogP contribution in [0.4, 0.5) is 0 Å². The molecule has 1 aliphatic heterocycles. The molecule has 0 spiro atoms. The summed E-state index contributed by atoms with van der Waals surface area (Å²) >= 11 is 0. The number of hydrogen-bond donors (Lipinski definition) is 0. The van der Waals surface area contributed by atoms with E-state index in [1.807, 2.05) is 0 Å². The third-order valence-electron chi connectivity index (χ3n) is 4.14. The second-order valence-electron chi connectivity index (χ2n) is 5.16. The van der Waals surface area contributed by atoms with Crippen LogP contribution in [0.15, 0.2) is 12.1 Å². The number of benzene rings is 1. The fourth-order valence-corrected chi connectivity index (χ4v) is 6.00. The minimum absolute atomic E-state index is 0.672. The summed E-state index contributed by atoms with van der Waals surface area (Å²) in [7, 11) is 4.11. The molecular weight excluding hydrogens is 244 g/mol. The lowest BCUT2D eigenvalue weighted by Gasteiger charge is -2.09. The summed E-state index contributed by atoms with van der Waals surface area (Å²) in [6, 6.07) is 4.38. The van der Waals surface area contributed by atoms with Crippen LogP contribution in [-0.2, 0) is 23.7 Å². The molecular formula is C15H21O2S+. The summed E-state index contributed by atoms with van der Waals surface area (Å²) in [6.07, 6.45) is 5.39. The monoisotopic (exact) mass is 265 g/mol. The Balaban J connectivity index is 1.83. The Labute approximate surface area is 112 Å². The van der Waals surface area contributed by atoms with Crippen molar-refractivity contribution in [2.24, 2.45) is 0 Å². The van der Waals surface area contributed by atoms with Gasteiger partial charge in [0.15, 0.2) is 11.5 Å². The van der Waals surface area contributed by atoms with Gasteiger partial charge in [-0.05, 0) is 47.0 Å². The zero-order valence-electron chi connectivity index (χ0n) is 11.2. The summed E-state index contributed by atoms with van der Waals surface area (Å²) < 4.78 is 10.8. The molecule has 1 heterocycles. The molecule has 1 aliphatic carbocycles. The smallest absolute Gasteiger partial charge is 0.161 e. The molecule has 1 saturated heterocycles. The van der Waals surface area contributed by atoms with Gasteiger partial charge in [-0.25, -0.2) is 0 Å². The third-order valence-corrected chi connectivity index (χ3v) is 7.04. The van der Waals surface area contributed by atoms with Crippen LogP contribution in [0.1, 0.15) is 24.0 Å². The molecule has 1 fully saturated rings. The molecule has 0 unspecified atom stereocenters. The molecule has 0 aromatic heterocycles. The van der Waals surface area contributed by atoms with Gasteiger partial charge in [-0.15, -0.1) is 0 Å². The molecule has 0 amide bonds. The molecule has 1 aromatic carbocycles. The molecule has 3 heteroatoms. The van der Waals surface area contributed by atoms with E-state index in [0.717, 1.165) is 16.7 Å². The van der Waals surface area contributed by atoms with Gasteiger partial charge in [0.25, 0.3) is 0 Å². The maximum Gasteiger partial charge on any atom is 0.161 e. The van der Waals surface area contributed by atoms with E-state index in [4.69, 9.17) is 9.47 Å². The molecule has 0 bridgehead atoms. The van der Waals surface area contributed by atoms with Crippen LogP contribution in [0.5, 0.6) is 11.5 Å².